The van der Waals surface area contributed by atoms with Crippen molar-refractivity contribution in [2.75, 3.05) is 11.8 Å². The summed E-state index contributed by atoms with van der Waals surface area (Å²) in [6.45, 7) is 0. The van der Waals surface area contributed by atoms with Gasteiger partial charge in [0.2, 0.25) is 5.88 Å². The van der Waals surface area contributed by atoms with Crippen LogP contribution in [0.3, 0.4) is 0 Å². The van der Waals surface area contributed by atoms with Gasteiger partial charge in [0.25, 0.3) is 10.0 Å². The molecule has 3 aromatic rings. The number of benzene rings is 1. The van der Waals surface area contributed by atoms with Crippen LogP contribution in [0.4, 0.5) is 14.5 Å². The van der Waals surface area contributed by atoms with E-state index in [1.165, 1.54) is 25.4 Å². The lowest BCUT2D eigenvalue weighted by molar-refractivity contribution is 0.399. The van der Waals surface area contributed by atoms with Gasteiger partial charge in [0.1, 0.15) is 22.2 Å². The minimum Gasteiger partial charge on any atom is -0.481 e. The van der Waals surface area contributed by atoms with Gasteiger partial charge in [-0.1, -0.05) is 11.6 Å². The van der Waals surface area contributed by atoms with Gasteiger partial charge in [0.05, 0.1) is 17.8 Å². The number of methoxy groups -OCH3 is 1. The molecular weight excluding hydrogens is 364 g/mol. The van der Waals surface area contributed by atoms with E-state index < -0.39 is 32.4 Å². The van der Waals surface area contributed by atoms with E-state index in [0.29, 0.717) is 18.0 Å². The second kappa shape index (κ2) is 5.91. The van der Waals surface area contributed by atoms with Gasteiger partial charge < -0.3 is 9.72 Å². The Balaban J connectivity index is 2.04. The Hall–Kier alpha value is -2.39. The first-order chi connectivity index (χ1) is 11.3. The number of sulfonamides is 1. The van der Waals surface area contributed by atoms with Crippen molar-refractivity contribution in [1.82, 2.24) is 9.97 Å². The van der Waals surface area contributed by atoms with Crippen LogP contribution >= 0.6 is 11.6 Å². The number of hydrogen-bond acceptors (Lipinski definition) is 4. The number of ether oxygens (including phenoxy) is 1. The Bertz CT molecular complexity index is 1040. The first-order valence-corrected chi connectivity index (χ1v) is 8.37. The first-order valence-electron chi connectivity index (χ1n) is 6.51. The highest BCUT2D eigenvalue weighted by Crippen LogP contribution is 2.28. The van der Waals surface area contributed by atoms with Crippen molar-refractivity contribution in [1.29, 1.82) is 0 Å². The predicted molar refractivity (Wildman–Crippen MR) is 84.8 cm³/mol. The van der Waals surface area contributed by atoms with Gasteiger partial charge in [-0.15, -0.1) is 0 Å². The lowest BCUT2D eigenvalue weighted by atomic mass is 10.3. The van der Waals surface area contributed by atoms with Crippen LogP contribution in [0.25, 0.3) is 11.0 Å². The molecule has 0 aliphatic heterocycles. The van der Waals surface area contributed by atoms with Crippen molar-refractivity contribution in [3.8, 4) is 5.88 Å². The van der Waals surface area contributed by atoms with Gasteiger partial charge in [-0.25, -0.2) is 17.2 Å². The van der Waals surface area contributed by atoms with Gasteiger partial charge >= 0.3 is 0 Å². The van der Waals surface area contributed by atoms with Crippen molar-refractivity contribution in [2.24, 2.45) is 0 Å². The molecule has 0 saturated carbocycles. The molecule has 6 nitrogen and oxygen atoms in total. The summed E-state index contributed by atoms with van der Waals surface area (Å²) in [5, 5.41) is -0.169. The molecule has 3 rings (SSSR count). The lowest BCUT2D eigenvalue weighted by Crippen LogP contribution is -2.14. The molecule has 0 amide bonds. The number of aromatic nitrogens is 2. The fourth-order valence-electron chi connectivity index (χ4n) is 2.10. The van der Waals surface area contributed by atoms with Crippen LogP contribution in [0.15, 0.2) is 35.4 Å². The van der Waals surface area contributed by atoms with E-state index >= 15 is 0 Å². The Labute approximate surface area is 140 Å². The molecule has 0 saturated heterocycles. The second-order valence-corrected chi connectivity index (χ2v) is 6.81. The van der Waals surface area contributed by atoms with Crippen molar-refractivity contribution < 1.29 is 21.9 Å². The number of nitrogens with zero attached hydrogens (tertiary/aromatic N) is 1. The summed E-state index contributed by atoms with van der Waals surface area (Å²) in [7, 11) is -2.76. The standard InChI is InChI=1S/C14H10ClF2N3O3S/c1-23-13-3-2-7-12(6-18-14(7)19-13)24(21,22)20-11-5-9(16)8(15)4-10(11)17/h2-6,20H,1H3,(H,18,19). The average molecular weight is 374 g/mol. The molecule has 1 aromatic carbocycles. The van der Waals surface area contributed by atoms with Crippen LogP contribution in [0.5, 0.6) is 5.88 Å². The third-order valence-corrected chi connectivity index (χ3v) is 4.92. The van der Waals surface area contributed by atoms with Crippen LogP contribution in [-0.4, -0.2) is 25.5 Å². The molecule has 0 bridgehead atoms. The molecule has 2 aromatic heterocycles. The maximum Gasteiger partial charge on any atom is 0.264 e. The zero-order chi connectivity index (χ0) is 17.5. The van der Waals surface area contributed by atoms with Crippen LogP contribution in [0.1, 0.15) is 0 Å². The van der Waals surface area contributed by atoms with E-state index in [1.54, 1.807) is 0 Å². The number of aromatic amines is 1. The smallest absolute Gasteiger partial charge is 0.264 e. The zero-order valence-corrected chi connectivity index (χ0v) is 13.7. The number of hydrogen-bond donors (Lipinski definition) is 2. The van der Waals surface area contributed by atoms with Crippen LogP contribution in [0.2, 0.25) is 5.02 Å². The fraction of sp³-hybridized carbons (Fsp3) is 0.0714. The summed E-state index contributed by atoms with van der Waals surface area (Å²) >= 11 is 5.45. The molecule has 0 atom stereocenters. The maximum absolute atomic E-state index is 13.8. The zero-order valence-electron chi connectivity index (χ0n) is 12.1. The minimum absolute atomic E-state index is 0.164. The number of H-pyrrole nitrogens is 1. The van der Waals surface area contributed by atoms with Gasteiger partial charge in [-0.2, -0.15) is 4.98 Å². The summed E-state index contributed by atoms with van der Waals surface area (Å²) < 4.78 is 59.1. The molecule has 2 N–H and O–H groups in total. The molecule has 0 spiro atoms. The van der Waals surface area contributed by atoms with Gasteiger partial charge in [0.15, 0.2) is 0 Å². The molecule has 10 heteroatoms. The third kappa shape index (κ3) is 2.87. The van der Waals surface area contributed by atoms with E-state index in [1.807, 2.05) is 4.72 Å². The van der Waals surface area contributed by atoms with Crippen molar-refractivity contribution in [2.45, 2.75) is 4.90 Å². The third-order valence-electron chi connectivity index (χ3n) is 3.23. The Kier molecular flexibility index (Phi) is 4.06. The van der Waals surface area contributed by atoms with E-state index in [-0.39, 0.29) is 15.9 Å². The van der Waals surface area contributed by atoms with Crippen LogP contribution < -0.4 is 9.46 Å². The van der Waals surface area contributed by atoms with Crippen molar-refractivity contribution in [3.63, 3.8) is 0 Å². The largest absolute Gasteiger partial charge is 0.481 e. The topological polar surface area (TPSA) is 84.1 Å². The number of rotatable bonds is 4. The average Bonchev–Trinajstić information content (AvgIpc) is 2.96. The van der Waals surface area contributed by atoms with Crippen molar-refractivity contribution in [3.05, 3.63) is 47.1 Å². The lowest BCUT2D eigenvalue weighted by Gasteiger charge is -2.09. The number of halogens is 3. The number of pyridine rings is 1. The van der Waals surface area contributed by atoms with Gasteiger partial charge in [-0.3, -0.25) is 4.72 Å². The molecule has 0 aliphatic carbocycles. The fourth-order valence-corrected chi connectivity index (χ4v) is 3.47. The summed E-state index contributed by atoms with van der Waals surface area (Å²) in [5.74, 6) is -1.64. The summed E-state index contributed by atoms with van der Waals surface area (Å²) in [4.78, 5) is 6.58. The molecule has 0 unspecified atom stereocenters. The SMILES string of the molecule is COc1ccc2c(S(=O)(=O)Nc3cc(F)c(Cl)cc3F)c[nH]c2n1. The normalized spacial score (nSPS) is 11.7. The summed E-state index contributed by atoms with van der Waals surface area (Å²) in [6, 6.07) is 4.34. The number of anilines is 1. The molecule has 0 aliphatic rings. The van der Waals surface area contributed by atoms with E-state index in [0.717, 1.165) is 0 Å². The molecule has 126 valence electrons. The monoisotopic (exact) mass is 373 g/mol. The predicted octanol–water partition coefficient (Wildman–Crippen LogP) is 3.30. The summed E-state index contributed by atoms with van der Waals surface area (Å²) in [6.07, 6.45) is 1.20. The Morgan fingerprint density at radius 1 is 1.25 bits per heavy atom. The van der Waals surface area contributed by atoms with Gasteiger partial charge in [-0.05, 0) is 12.1 Å². The minimum atomic E-state index is -4.18. The highest BCUT2D eigenvalue weighted by Gasteiger charge is 2.22. The molecule has 24 heavy (non-hydrogen) atoms. The van der Waals surface area contributed by atoms with Crippen LogP contribution in [-0.2, 0) is 10.0 Å². The maximum atomic E-state index is 13.8. The van der Waals surface area contributed by atoms with Crippen LogP contribution in [0, 0.1) is 11.6 Å². The van der Waals surface area contributed by atoms with E-state index in [9.17, 15) is 17.2 Å². The van der Waals surface area contributed by atoms with Crippen molar-refractivity contribution >= 4 is 38.3 Å². The Morgan fingerprint density at radius 3 is 2.71 bits per heavy atom. The highest BCUT2D eigenvalue weighted by molar-refractivity contribution is 7.93. The quantitative estimate of drug-likeness (QED) is 0.687. The van der Waals surface area contributed by atoms with E-state index in [4.69, 9.17) is 16.3 Å². The Morgan fingerprint density at radius 2 is 2.00 bits per heavy atom. The molecular formula is C14H10ClF2N3O3S. The summed E-state index contributed by atoms with van der Waals surface area (Å²) in [5.41, 5.74) is -0.273. The van der Waals surface area contributed by atoms with Gasteiger partial charge in [0, 0.05) is 23.7 Å². The number of fused-ring (bicyclic) bond motifs is 1. The second-order valence-electron chi connectivity index (χ2n) is 4.75. The highest BCUT2D eigenvalue weighted by atomic mass is 35.5. The molecule has 2 heterocycles. The molecule has 0 fully saturated rings. The number of nitrogens with one attached hydrogen (secondary N) is 2. The molecule has 0 radical (unpaired) electrons. The first kappa shape index (κ1) is 16.5. The van der Waals surface area contributed by atoms with E-state index in [2.05, 4.69) is 9.97 Å².